The first-order valence-electron chi connectivity index (χ1n) is 4.38. The summed E-state index contributed by atoms with van der Waals surface area (Å²) in [4.78, 5) is 11.5. The van der Waals surface area contributed by atoms with E-state index in [0.717, 1.165) is 11.6 Å². The largest absolute Gasteiger partial charge is 0.348 e. The smallest absolute Gasteiger partial charge is 0.253 e. The topological polar surface area (TPSA) is 29.1 Å². The second-order valence-electron chi connectivity index (χ2n) is 3.26. The van der Waals surface area contributed by atoms with E-state index in [1.165, 1.54) is 12.1 Å². The molecule has 0 radical (unpaired) electrons. The van der Waals surface area contributed by atoms with E-state index in [4.69, 9.17) is 11.6 Å². The Balaban J connectivity index is 2.78. The van der Waals surface area contributed by atoms with E-state index in [9.17, 15) is 9.18 Å². The summed E-state index contributed by atoms with van der Waals surface area (Å²) in [6.07, 6.45) is 0. The highest BCUT2D eigenvalue weighted by Crippen LogP contribution is 2.16. The molecule has 80 valence electrons. The third kappa shape index (κ3) is 3.36. The molecule has 0 bridgehead atoms. The normalized spacial score (nSPS) is 9.80. The molecule has 0 atom stereocenters. The van der Waals surface area contributed by atoms with E-state index < -0.39 is 5.82 Å². The predicted molar refractivity (Wildman–Crippen MR) is 58.6 cm³/mol. The molecule has 2 nitrogen and oxygen atoms in total. The van der Waals surface area contributed by atoms with Crippen LogP contribution in [0.5, 0.6) is 0 Å². The van der Waals surface area contributed by atoms with Gasteiger partial charge in [-0.3, -0.25) is 4.79 Å². The molecular formula is C11H11ClFNO. The number of rotatable bonds is 3. The lowest BCUT2D eigenvalue weighted by molar-refractivity contribution is 0.0957. The second kappa shape index (κ2) is 4.94. The van der Waals surface area contributed by atoms with Gasteiger partial charge in [-0.25, -0.2) is 4.39 Å². The van der Waals surface area contributed by atoms with Crippen molar-refractivity contribution in [2.75, 3.05) is 6.54 Å². The standard InChI is InChI=1S/C11H11ClFNO/c1-7(2)6-14-11(15)9-4-3-8(13)5-10(9)12/h3-5H,1,6H2,2H3,(H,14,15). The van der Waals surface area contributed by atoms with Gasteiger partial charge in [0, 0.05) is 6.54 Å². The maximum Gasteiger partial charge on any atom is 0.253 e. The van der Waals surface area contributed by atoms with Gasteiger partial charge in [-0.2, -0.15) is 0 Å². The molecule has 1 aromatic carbocycles. The van der Waals surface area contributed by atoms with E-state index in [2.05, 4.69) is 11.9 Å². The lowest BCUT2D eigenvalue weighted by Crippen LogP contribution is -2.25. The maximum absolute atomic E-state index is 12.7. The Bertz CT molecular complexity index is 404. The van der Waals surface area contributed by atoms with Crippen molar-refractivity contribution in [3.63, 3.8) is 0 Å². The molecule has 0 spiro atoms. The van der Waals surface area contributed by atoms with E-state index in [0.29, 0.717) is 6.54 Å². The van der Waals surface area contributed by atoms with Gasteiger partial charge in [-0.05, 0) is 25.1 Å². The van der Waals surface area contributed by atoms with Crippen molar-refractivity contribution in [3.05, 3.63) is 46.8 Å². The fourth-order valence-corrected chi connectivity index (χ4v) is 1.25. The van der Waals surface area contributed by atoms with Crippen LogP contribution in [0.3, 0.4) is 0 Å². The molecule has 0 aliphatic rings. The minimum absolute atomic E-state index is 0.106. The summed E-state index contributed by atoms with van der Waals surface area (Å²) in [7, 11) is 0. The number of benzene rings is 1. The Morgan fingerprint density at radius 1 is 1.60 bits per heavy atom. The van der Waals surface area contributed by atoms with Crippen molar-refractivity contribution in [3.8, 4) is 0 Å². The maximum atomic E-state index is 12.7. The first kappa shape index (κ1) is 11.7. The number of hydrogen-bond acceptors (Lipinski definition) is 1. The first-order chi connectivity index (χ1) is 7.00. The number of carbonyl (C=O) groups excluding carboxylic acids is 1. The predicted octanol–water partition coefficient (Wildman–Crippen LogP) is 2.79. The molecule has 15 heavy (non-hydrogen) atoms. The zero-order chi connectivity index (χ0) is 11.4. The quantitative estimate of drug-likeness (QED) is 0.791. The highest BCUT2D eigenvalue weighted by Gasteiger charge is 2.09. The van der Waals surface area contributed by atoms with Gasteiger partial charge in [-0.15, -0.1) is 0 Å². The lowest BCUT2D eigenvalue weighted by atomic mass is 10.2. The summed E-state index contributed by atoms with van der Waals surface area (Å²) in [6.45, 7) is 5.83. The van der Waals surface area contributed by atoms with Crippen molar-refractivity contribution in [2.24, 2.45) is 0 Å². The van der Waals surface area contributed by atoms with Crippen LogP contribution in [0.1, 0.15) is 17.3 Å². The van der Waals surface area contributed by atoms with Crippen LogP contribution in [0.2, 0.25) is 5.02 Å². The third-order valence-corrected chi connectivity index (χ3v) is 2.04. The van der Waals surface area contributed by atoms with Crippen molar-refractivity contribution < 1.29 is 9.18 Å². The average molecular weight is 228 g/mol. The van der Waals surface area contributed by atoms with Crippen molar-refractivity contribution in [1.29, 1.82) is 0 Å². The first-order valence-corrected chi connectivity index (χ1v) is 4.76. The summed E-state index contributed by atoms with van der Waals surface area (Å²) >= 11 is 5.72. The Labute approximate surface area is 92.7 Å². The Hall–Kier alpha value is -1.35. The van der Waals surface area contributed by atoms with Crippen LogP contribution >= 0.6 is 11.6 Å². The number of halogens is 2. The molecule has 0 saturated carbocycles. The van der Waals surface area contributed by atoms with Crippen molar-refractivity contribution >= 4 is 17.5 Å². The van der Waals surface area contributed by atoms with Crippen LogP contribution in [0.4, 0.5) is 4.39 Å². The molecule has 0 aromatic heterocycles. The summed E-state index contributed by atoms with van der Waals surface area (Å²) in [5.41, 5.74) is 1.10. The third-order valence-electron chi connectivity index (χ3n) is 1.73. The number of nitrogens with one attached hydrogen (secondary N) is 1. The lowest BCUT2D eigenvalue weighted by Gasteiger charge is -2.06. The molecule has 0 saturated heterocycles. The van der Waals surface area contributed by atoms with Crippen LogP contribution in [0, 0.1) is 5.82 Å². The fraction of sp³-hybridized carbons (Fsp3) is 0.182. The summed E-state index contributed by atoms with van der Waals surface area (Å²) in [6, 6.07) is 3.66. The highest BCUT2D eigenvalue weighted by molar-refractivity contribution is 6.33. The van der Waals surface area contributed by atoms with Crippen LogP contribution in [-0.2, 0) is 0 Å². The van der Waals surface area contributed by atoms with E-state index >= 15 is 0 Å². The number of carbonyl (C=O) groups is 1. The van der Waals surface area contributed by atoms with Gasteiger partial charge in [0.05, 0.1) is 10.6 Å². The molecule has 0 fully saturated rings. The molecular weight excluding hydrogens is 217 g/mol. The van der Waals surface area contributed by atoms with Crippen LogP contribution in [0.25, 0.3) is 0 Å². The molecule has 0 aliphatic carbocycles. The van der Waals surface area contributed by atoms with E-state index in [1.54, 1.807) is 6.92 Å². The minimum Gasteiger partial charge on any atom is -0.348 e. The minimum atomic E-state index is -0.462. The van der Waals surface area contributed by atoms with E-state index in [1.807, 2.05) is 0 Å². The highest BCUT2D eigenvalue weighted by atomic mass is 35.5. The van der Waals surface area contributed by atoms with Gasteiger partial charge in [0.2, 0.25) is 0 Å². The van der Waals surface area contributed by atoms with Crippen molar-refractivity contribution in [1.82, 2.24) is 5.32 Å². The van der Waals surface area contributed by atoms with Crippen LogP contribution in [0.15, 0.2) is 30.4 Å². The molecule has 0 aliphatic heterocycles. The second-order valence-corrected chi connectivity index (χ2v) is 3.67. The molecule has 1 rings (SSSR count). The van der Waals surface area contributed by atoms with Crippen LogP contribution < -0.4 is 5.32 Å². The SMILES string of the molecule is C=C(C)CNC(=O)c1ccc(F)cc1Cl. The van der Waals surface area contributed by atoms with Gasteiger partial charge in [0.1, 0.15) is 5.82 Å². The Kier molecular flexibility index (Phi) is 3.86. The molecule has 1 aromatic rings. The Morgan fingerprint density at radius 3 is 2.80 bits per heavy atom. The molecule has 1 amide bonds. The molecule has 1 N–H and O–H groups in total. The summed E-state index contributed by atoms with van der Waals surface area (Å²) < 4.78 is 12.7. The number of hydrogen-bond donors (Lipinski definition) is 1. The fourth-order valence-electron chi connectivity index (χ4n) is 1.00. The molecule has 4 heteroatoms. The summed E-state index contributed by atoms with van der Waals surface area (Å²) in [5.74, 6) is -0.792. The van der Waals surface area contributed by atoms with Gasteiger partial charge in [0.25, 0.3) is 5.91 Å². The van der Waals surface area contributed by atoms with Crippen LogP contribution in [-0.4, -0.2) is 12.5 Å². The van der Waals surface area contributed by atoms with E-state index in [-0.39, 0.29) is 16.5 Å². The molecule has 0 unspecified atom stereocenters. The van der Waals surface area contributed by atoms with Gasteiger partial charge >= 0.3 is 0 Å². The average Bonchev–Trinajstić information content (AvgIpc) is 2.14. The Morgan fingerprint density at radius 2 is 2.27 bits per heavy atom. The van der Waals surface area contributed by atoms with Gasteiger partial charge in [0.15, 0.2) is 0 Å². The monoisotopic (exact) mass is 227 g/mol. The zero-order valence-electron chi connectivity index (χ0n) is 8.31. The summed E-state index contributed by atoms with van der Waals surface area (Å²) in [5, 5.41) is 2.72. The van der Waals surface area contributed by atoms with Gasteiger partial charge < -0.3 is 5.32 Å². The molecule has 0 heterocycles. The number of amides is 1. The van der Waals surface area contributed by atoms with Crippen molar-refractivity contribution in [2.45, 2.75) is 6.92 Å². The van der Waals surface area contributed by atoms with Gasteiger partial charge in [-0.1, -0.05) is 23.8 Å². The zero-order valence-corrected chi connectivity index (χ0v) is 9.07.